The van der Waals surface area contributed by atoms with Crippen LogP contribution >= 0.6 is 0 Å². The number of halogens is 1. The lowest BCUT2D eigenvalue weighted by Gasteiger charge is -2.37. The highest BCUT2D eigenvalue weighted by atomic mass is 19.1. The summed E-state index contributed by atoms with van der Waals surface area (Å²) in [6, 6.07) is 4.31. The van der Waals surface area contributed by atoms with Crippen molar-refractivity contribution in [2.24, 2.45) is 5.41 Å². The van der Waals surface area contributed by atoms with E-state index in [1.165, 1.54) is 17.0 Å². The van der Waals surface area contributed by atoms with Crippen LogP contribution in [0.3, 0.4) is 0 Å². The van der Waals surface area contributed by atoms with Crippen LogP contribution in [0, 0.1) is 11.2 Å². The molecule has 1 aliphatic heterocycles. The van der Waals surface area contributed by atoms with E-state index in [0.717, 1.165) is 38.7 Å². The average Bonchev–Trinajstić information content (AvgIpc) is 3.34. The molecular formula is C24H32FN3O4. The summed E-state index contributed by atoms with van der Waals surface area (Å²) in [7, 11) is 3.16. The van der Waals surface area contributed by atoms with E-state index < -0.39 is 11.7 Å². The molecule has 2 heterocycles. The molecule has 2 aromatic rings. The number of aromatic nitrogens is 2. The van der Waals surface area contributed by atoms with Crippen LogP contribution in [-0.2, 0) is 9.47 Å². The van der Waals surface area contributed by atoms with Crippen LogP contribution in [0.1, 0.15) is 75.2 Å². The van der Waals surface area contributed by atoms with Gasteiger partial charge in [0.25, 0.3) is 11.8 Å². The van der Waals surface area contributed by atoms with Crippen LogP contribution in [0.2, 0.25) is 0 Å². The second kappa shape index (κ2) is 8.56. The Bertz CT molecular complexity index is 979. The SMILES string of the molecule is CC(OC1CCC2(CC1)COC(C)(C)C2)c1nc(-c2ccc(C(=O)N(C)C)c(F)c2)no1. The third kappa shape index (κ3) is 4.71. The second-order valence-electron chi connectivity index (χ2n) is 10.1. The zero-order chi connectivity index (χ0) is 23.1. The lowest BCUT2D eigenvalue weighted by Crippen LogP contribution is -2.32. The predicted molar refractivity (Wildman–Crippen MR) is 117 cm³/mol. The van der Waals surface area contributed by atoms with Gasteiger partial charge in [-0.1, -0.05) is 11.2 Å². The topological polar surface area (TPSA) is 77.7 Å². The van der Waals surface area contributed by atoms with Crippen LogP contribution in [0.4, 0.5) is 4.39 Å². The largest absolute Gasteiger partial charge is 0.375 e. The normalized spacial score (nSPS) is 25.8. The first-order valence-corrected chi connectivity index (χ1v) is 11.2. The summed E-state index contributed by atoms with van der Waals surface area (Å²) in [6.07, 6.45) is 5.05. The van der Waals surface area contributed by atoms with Crippen LogP contribution < -0.4 is 0 Å². The molecule has 1 unspecified atom stereocenters. The van der Waals surface area contributed by atoms with Gasteiger partial charge in [-0.25, -0.2) is 4.39 Å². The Labute approximate surface area is 188 Å². The summed E-state index contributed by atoms with van der Waals surface area (Å²) < 4.78 is 32.0. The highest BCUT2D eigenvalue weighted by molar-refractivity contribution is 5.94. The molecule has 1 spiro atoms. The Kier molecular flexibility index (Phi) is 6.11. The first kappa shape index (κ1) is 22.9. The molecule has 1 atom stereocenters. The van der Waals surface area contributed by atoms with E-state index in [0.29, 0.717) is 11.5 Å². The lowest BCUT2D eigenvalue weighted by molar-refractivity contribution is -0.0560. The van der Waals surface area contributed by atoms with Crippen molar-refractivity contribution in [1.29, 1.82) is 0 Å². The summed E-state index contributed by atoms with van der Waals surface area (Å²) >= 11 is 0. The van der Waals surface area contributed by atoms with E-state index in [-0.39, 0.29) is 34.6 Å². The van der Waals surface area contributed by atoms with Crippen molar-refractivity contribution < 1.29 is 23.2 Å². The van der Waals surface area contributed by atoms with Crippen LogP contribution in [0.15, 0.2) is 22.7 Å². The average molecular weight is 446 g/mol. The molecule has 2 aliphatic rings. The molecule has 1 aliphatic carbocycles. The number of nitrogens with zero attached hydrogens (tertiary/aromatic N) is 3. The highest BCUT2D eigenvalue weighted by Gasteiger charge is 2.46. The summed E-state index contributed by atoms with van der Waals surface area (Å²) in [5, 5.41) is 3.98. The molecule has 7 nitrogen and oxygen atoms in total. The van der Waals surface area contributed by atoms with Gasteiger partial charge in [-0.15, -0.1) is 0 Å². The maximum atomic E-state index is 14.4. The molecule has 0 bridgehead atoms. The Morgan fingerprint density at radius 3 is 2.59 bits per heavy atom. The van der Waals surface area contributed by atoms with Gasteiger partial charge in [0.2, 0.25) is 5.82 Å². The molecule has 0 radical (unpaired) electrons. The van der Waals surface area contributed by atoms with Gasteiger partial charge in [-0.05, 0) is 70.4 Å². The van der Waals surface area contributed by atoms with Crippen molar-refractivity contribution in [1.82, 2.24) is 15.0 Å². The standard InChI is InChI=1S/C24H32FN3O4/c1-15(31-17-8-10-24(11-9-17)13-23(2,3)30-14-24)21-26-20(27-32-21)16-6-7-18(19(25)12-16)22(29)28(4)5/h6-7,12,15,17H,8-11,13-14H2,1-5H3. The van der Waals surface area contributed by atoms with E-state index in [4.69, 9.17) is 14.0 Å². The number of rotatable bonds is 5. The van der Waals surface area contributed by atoms with Gasteiger partial charge in [-0.3, -0.25) is 4.79 Å². The number of amides is 1. The minimum absolute atomic E-state index is 0.00490. The van der Waals surface area contributed by atoms with E-state index in [9.17, 15) is 9.18 Å². The minimum atomic E-state index is -0.618. The zero-order valence-corrected chi connectivity index (χ0v) is 19.5. The molecule has 8 heteroatoms. The number of hydrogen-bond donors (Lipinski definition) is 0. The third-order valence-electron chi connectivity index (χ3n) is 6.61. The maximum absolute atomic E-state index is 14.4. The fourth-order valence-corrected chi connectivity index (χ4v) is 4.95. The Balaban J connectivity index is 1.37. The smallest absolute Gasteiger partial charge is 0.256 e. The molecule has 1 saturated heterocycles. The molecule has 4 rings (SSSR count). The van der Waals surface area contributed by atoms with Crippen LogP contribution in [-0.4, -0.2) is 53.4 Å². The summed E-state index contributed by atoms with van der Waals surface area (Å²) in [6.45, 7) is 7.06. The van der Waals surface area contributed by atoms with Crippen molar-refractivity contribution in [3.05, 3.63) is 35.5 Å². The van der Waals surface area contributed by atoms with Crippen molar-refractivity contribution in [3.8, 4) is 11.4 Å². The molecule has 1 amide bonds. The van der Waals surface area contributed by atoms with E-state index >= 15 is 0 Å². The maximum Gasteiger partial charge on any atom is 0.256 e. The minimum Gasteiger partial charge on any atom is -0.375 e. The van der Waals surface area contributed by atoms with E-state index in [1.54, 1.807) is 20.2 Å². The van der Waals surface area contributed by atoms with Crippen LogP contribution in [0.5, 0.6) is 0 Å². The Morgan fingerprint density at radius 1 is 1.28 bits per heavy atom. The van der Waals surface area contributed by atoms with Gasteiger partial charge in [0.1, 0.15) is 11.9 Å². The number of carbonyl (C=O) groups is 1. The van der Waals surface area contributed by atoms with Gasteiger partial charge in [0, 0.05) is 19.7 Å². The molecule has 1 aromatic carbocycles. The molecule has 1 aromatic heterocycles. The fraction of sp³-hybridized carbons (Fsp3) is 0.625. The van der Waals surface area contributed by atoms with E-state index in [1.807, 2.05) is 6.92 Å². The Morgan fingerprint density at radius 2 is 2.00 bits per heavy atom. The van der Waals surface area contributed by atoms with Crippen LogP contribution in [0.25, 0.3) is 11.4 Å². The molecule has 1 saturated carbocycles. The molecular weight excluding hydrogens is 413 g/mol. The van der Waals surface area contributed by atoms with Gasteiger partial charge in [0.15, 0.2) is 0 Å². The van der Waals surface area contributed by atoms with Crippen molar-refractivity contribution in [2.45, 2.75) is 70.7 Å². The molecule has 32 heavy (non-hydrogen) atoms. The fourth-order valence-electron chi connectivity index (χ4n) is 4.95. The summed E-state index contributed by atoms with van der Waals surface area (Å²) in [5.74, 6) is -0.385. The first-order chi connectivity index (χ1) is 15.1. The third-order valence-corrected chi connectivity index (χ3v) is 6.61. The number of hydrogen-bond acceptors (Lipinski definition) is 6. The number of ether oxygens (including phenoxy) is 2. The number of carbonyl (C=O) groups excluding carboxylic acids is 1. The van der Waals surface area contributed by atoms with E-state index in [2.05, 4.69) is 24.0 Å². The molecule has 174 valence electrons. The Hall–Kier alpha value is -2.32. The summed E-state index contributed by atoms with van der Waals surface area (Å²) in [5.41, 5.74) is 0.710. The molecule has 0 N–H and O–H groups in total. The first-order valence-electron chi connectivity index (χ1n) is 11.2. The number of benzene rings is 1. The predicted octanol–water partition coefficient (Wildman–Crippen LogP) is 4.78. The monoisotopic (exact) mass is 445 g/mol. The van der Waals surface area contributed by atoms with Gasteiger partial charge in [-0.2, -0.15) is 4.98 Å². The zero-order valence-electron chi connectivity index (χ0n) is 19.5. The van der Waals surface area contributed by atoms with Gasteiger partial charge in [0.05, 0.1) is 23.9 Å². The quantitative estimate of drug-likeness (QED) is 0.659. The second-order valence-corrected chi connectivity index (χ2v) is 10.1. The summed E-state index contributed by atoms with van der Waals surface area (Å²) in [4.78, 5) is 17.8. The lowest BCUT2D eigenvalue weighted by atomic mass is 9.70. The van der Waals surface area contributed by atoms with Gasteiger partial charge >= 0.3 is 0 Å². The highest BCUT2D eigenvalue weighted by Crippen LogP contribution is 2.49. The van der Waals surface area contributed by atoms with Crippen molar-refractivity contribution in [2.75, 3.05) is 20.7 Å². The van der Waals surface area contributed by atoms with Crippen molar-refractivity contribution >= 4 is 5.91 Å². The van der Waals surface area contributed by atoms with Crippen molar-refractivity contribution in [3.63, 3.8) is 0 Å². The molecule has 2 fully saturated rings. The van der Waals surface area contributed by atoms with Gasteiger partial charge < -0.3 is 18.9 Å².